The van der Waals surface area contributed by atoms with Crippen molar-refractivity contribution in [3.63, 3.8) is 0 Å². The number of nitrogens with zero attached hydrogens (tertiary/aromatic N) is 1. The number of likely N-dealkylation sites (tertiary alicyclic amines) is 1. The molecular weight excluding hydrogens is 290 g/mol. The molecule has 1 aromatic rings. The molecule has 2 aliphatic rings. The fourth-order valence-electron chi connectivity index (χ4n) is 2.66. The van der Waals surface area contributed by atoms with E-state index >= 15 is 0 Å². The van der Waals surface area contributed by atoms with E-state index in [0.29, 0.717) is 29.7 Å². The van der Waals surface area contributed by atoms with E-state index in [1.54, 1.807) is 6.07 Å². The molecule has 1 heterocycles. The smallest absolute Gasteiger partial charge is 0.319 e. The largest absolute Gasteiger partial charge is 0.338 e. The molecule has 2 fully saturated rings. The molecule has 0 unspecified atom stereocenters. The Balaban J connectivity index is 1.57. The lowest BCUT2D eigenvalue weighted by Gasteiger charge is -2.16. The Morgan fingerprint density at radius 2 is 2.14 bits per heavy atom. The van der Waals surface area contributed by atoms with Gasteiger partial charge in [-0.2, -0.15) is 0 Å². The van der Waals surface area contributed by atoms with Gasteiger partial charge < -0.3 is 15.5 Å². The number of rotatable bonds is 3. The molecule has 6 heteroatoms. The van der Waals surface area contributed by atoms with Crippen molar-refractivity contribution in [2.75, 3.05) is 11.9 Å². The average Bonchev–Trinajstić information content (AvgIpc) is 3.20. The minimum absolute atomic E-state index is 0.123. The van der Waals surface area contributed by atoms with Crippen LogP contribution in [0.3, 0.4) is 0 Å². The molecular formula is C15H18ClN3O2. The highest BCUT2D eigenvalue weighted by atomic mass is 35.5. The highest BCUT2D eigenvalue weighted by molar-refractivity contribution is 6.34. The first kappa shape index (κ1) is 14.2. The average molecular weight is 308 g/mol. The summed E-state index contributed by atoms with van der Waals surface area (Å²) in [6, 6.07) is 5.43. The SMILES string of the molecule is Cc1cccc(NC(=O)N[C@H]2CC(=O)N(C3CC3)C2)c1Cl. The van der Waals surface area contributed by atoms with Gasteiger partial charge in [0.15, 0.2) is 0 Å². The molecule has 0 aromatic heterocycles. The number of amides is 3. The molecule has 3 rings (SSSR count). The van der Waals surface area contributed by atoms with Gasteiger partial charge in [-0.05, 0) is 31.4 Å². The number of nitrogens with one attached hydrogen (secondary N) is 2. The molecule has 1 atom stereocenters. The van der Waals surface area contributed by atoms with Crippen molar-refractivity contribution in [1.29, 1.82) is 0 Å². The first-order chi connectivity index (χ1) is 10.0. The number of hydrogen-bond acceptors (Lipinski definition) is 2. The first-order valence-corrected chi connectivity index (χ1v) is 7.54. The van der Waals surface area contributed by atoms with Crippen molar-refractivity contribution in [2.24, 2.45) is 0 Å². The summed E-state index contributed by atoms with van der Waals surface area (Å²) < 4.78 is 0. The topological polar surface area (TPSA) is 61.4 Å². The number of halogens is 1. The first-order valence-electron chi connectivity index (χ1n) is 7.16. The van der Waals surface area contributed by atoms with Crippen LogP contribution in [0.4, 0.5) is 10.5 Å². The molecule has 3 amide bonds. The predicted molar refractivity (Wildman–Crippen MR) is 81.5 cm³/mol. The molecule has 1 saturated carbocycles. The fraction of sp³-hybridized carbons (Fsp3) is 0.467. The summed E-state index contributed by atoms with van der Waals surface area (Å²) in [5.41, 5.74) is 1.49. The second-order valence-electron chi connectivity index (χ2n) is 5.71. The van der Waals surface area contributed by atoms with Crippen LogP contribution in [-0.2, 0) is 4.79 Å². The summed E-state index contributed by atoms with van der Waals surface area (Å²) in [6.45, 7) is 2.49. The predicted octanol–water partition coefficient (Wildman–Crippen LogP) is 2.53. The molecule has 2 N–H and O–H groups in total. The van der Waals surface area contributed by atoms with Crippen molar-refractivity contribution in [2.45, 2.75) is 38.3 Å². The summed E-state index contributed by atoms with van der Waals surface area (Å²) in [4.78, 5) is 25.7. The molecule has 1 aliphatic carbocycles. The number of aryl methyl sites for hydroxylation is 1. The maximum Gasteiger partial charge on any atom is 0.319 e. The third-order valence-corrected chi connectivity index (χ3v) is 4.42. The number of benzene rings is 1. The zero-order chi connectivity index (χ0) is 15.0. The maximum absolute atomic E-state index is 12.0. The van der Waals surface area contributed by atoms with Crippen LogP contribution in [0.5, 0.6) is 0 Å². The summed E-state index contributed by atoms with van der Waals surface area (Å²) in [7, 11) is 0. The molecule has 5 nitrogen and oxygen atoms in total. The van der Waals surface area contributed by atoms with Crippen LogP contribution in [0, 0.1) is 6.92 Å². The molecule has 1 saturated heterocycles. The van der Waals surface area contributed by atoms with Crippen LogP contribution in [0.25, 0.3) is 0 Å². The summed E-state index contributed by atoms with van der Waals surface area (Å²) in [5.74, 6) is 0.136. The van der Waals surface area contributed by atoms with E-state index in [9.17, 15) is 9.59 Å². The Labute approximate surface area is 128 Å². The minimum atomic E-state index is -0.321. The van der Waals surface area contributed by atoms with Gasteiger partial charge >= 0.3 is 6.03 Å². The lowest BCUT2D eigenvalue weighted by atomic mass is 10.2. The normalized spacial score (nSPS) is 21.5. The number of carbonyl (C=O) groups excluding carboxylic acids is 2. The number of hydrogen-bond donors (Lipinski definition) is 2. The van der Waals surface area contributed by atoms with E-state index in [1.807, 2.05) is 24.0 Å². The second-order valence-corrected chi connectivity index (χ2v) is 6.09. The molecule has 0 bridgehead atoms. The zero-order valence-electron chi connectivity index (χ0n) is 11.9. The number of urea groups is 1. The standard InChI is InChI=1S/C15H18ClN3O2/c1-9-3-2-4-12(14(9)16)18-15(21)17-10-7-13(20)19(8-10)11-5-6-11/h2-4,10-11H,5-8H2,1H3,(H2,17,18,21)/t10-/m0/s1. The Morgan fingerprint density at radius 3 is 2.86 bits per heavy atom. The van der Waals surface area contributed by atoms with E-state index in [4.69, 9.17) is 11.6 Å². The summed E-state index contributed by atoms with van der Waals surface area (Å²) in [5, 5.41) is 6.12. The lowest BCUT2D eigenvalue weighted by Crippen LogP contribution is -2.40. The van der Waals surface area contributed by atoms with Gasteiger partial charge in [0.1, 0.15) is 0 Å². The Kier molecular flexibility index (Phi) is 3.76. The van der Waals surface area contributed by atoms with E-state index in [0.717, 1.165) is 18.4 Å². The van der Waals surface area contributed by atoms with Gasteiger partial charge in [-0.15, -0.1) is 0 Å². The molecule has 112 valence electrons. The Bertz CT molecular complexity index is 586. The molecule has 21 heavy (non-hydrogen) atoms. The van der Waals surface area contributed by atoms with Crippen molar-refractivity contribution >= 4 is 29.2 Å². The van der Waals surface area contributed by atoms with Crippen LogP contribution in [0.1, 0.15) is 24.8 Å². The Morgan fingerprint density at radius 1 is 1.38 bits per heavy atom. The number of carbonyl (C=O) groups is 2. The zero-order valence-corrected chi connectivity index (χ0v) is 12.6. The van der Waals surface area contributed by atoms with Crippen LogP contribution in [0.2, 0.25) is 5.02 Å². The van der Waals surface area contributed by atoms with Crippen LogP contribution in [-0.4, -0.2) is 35.5 Å². The molecule has 0 radical (unpaired) electrons. The fourth-order valence-corrected chi connectivity index (χ4v) is 2.83. The van der Waals surface area contributed by atoms with Crippen LogP contribution < -0.4 is 10.6 Å². The quantitative estimate of drug-likeness (QED) is 0.901. The molecule has 1 aliphatic heterocycles. The van der Waals surface area contributed by atoms with E-state index in [1.165, 1.54) is 0 Å². The van der Waals surface area contributed by atoms with Gasteiger partial charge in [0.05, 0.1) is 16.8 Å². The van der Waals surface area contributed by atoms with E-state index in [2.05, 4.69) is 10.6 Å². The van der Waals surface area contributed by atoms with Gasteiger partial charge in [0.2, 0.25) is 5.91 Å². The highest BCUT2D eigenvalue weighted by Crippen LogP contribution is 2.30. The maximum atomic E-state index is 12.0. The molecule has 1 aromatic carbocycles. The van der Waals surface area contributed by atoms with Gasteiger partial charge in [-0.3, -0.25) is 4.79 Å². The monoisotopic (exact) mass is 307 g/mol. The molecule has 0 spiro atoms. The van der Waals surface area contributed by atoms with Crippen LogP contribution >= 0.6 is 11.6 Å². The van der Waals surface area contributed by atoms with E-state index < -0.39 is 0 Å². The summed E-state index contributed by atoms with van der Waals surface area (Å²) in [6.07, 6.45) is 2.55. The van der Waals surface area contributed by atoms with Crippen LogP contribution in [0.15, 0.2) is 18.2 Å². The lowest BCUT2D eigenvalue weighted by molar-refractivity contribution is -0.128. The van der Waals surface area contributed by atoms with Gasteiger partial charge in [-0.25, -0.2) is 4.79 Å². The number of anilines is 1. The third kappa shape index (κ3) is 3.13. The van der Waals surface area contributed by atoms with Gasteiger partial charge in [0, 0.05) is 19.0 Å². The minimum Gasteiger partial charge on any atom is -0.338 e. The van der Waals surface area contributed by atoms with Crippen molar-refractivity contribution in [3.05, 3.63) is 28.8 Å². The van der Waals surface area contributed by atoms with Crippen molar-refractivity contribution < 1.29 is 9.59 Å². The van der Waals surface area contributed by atoms with Crippen molar-refractivity contribution in [1.82, 2.24) is 10.2 Å². The van der Waals surface area contributed by atoms with Gasteiger partial charge in [-0.1, -0.05) is 23.7 Å². The van der Waals surface area contributed by atoms with Gasteiger partial charge in [0.25, 0.3) is 0 Å². The third-order valence-electron chi connectivity index (χ3n) is 3.92. The summed E-state index contributed by atoms with van der Waals surface area (Å²) >= 11 is 6.15. The highest BCUT2D eigenvalue weighted by Gasteiger charge is 2.39. The Hall–Kier alpha value is -1.75. The second kappa shape index (κ2) is 5.56. The van der Waals surface area contributed by atoms with E-state index in [-0.39, 0.29) is 18.0 Å². The van der Waals surface area contributed by atoms with Crippen molar-refractivity contribution in [3.8, 4) is 0 Å².